The van der Waals surface area contributed by atoms with Gasteiger partial charge in [-0.2, -0.15) is 5.10 Å². The van der Waals surface area contributed by atoms with Crippen LogP contribution >= 0.6 is 15.9 Å². The van der Waals surface area contributed by atoms with Crippen LogP contribution in [0.2, 0.25) is 0 Å². The number of hydrogen-bond donors (Lipinski definition) is 1. The minimum absolute atomic E-state index is 0.322. The molecule has 66 valence electrons. The van der Waals surface area contributed by atoms with Crippen LogP contribution in [0.15, 0.2) is 27.8 Å². The van der Waals surface area contributed by atoms with Gasteiger partial charge in [0.25, 0.3) is 0 Å². The van der Waals surface area contributed by atoms with Crippen LogP contribution in [-0.4, -0.2) is 12.5 Å². The highest BCUT2D eigenvalue weighted by Crippen LogP contribution is 2.25. The van der Waals surface area contributed by atoms with Crippen LogP contribution in [0.4, 0.5) is 0 Å². The van der Waals surface area contributed by atoms with Crippen molar-refractivity contribution >= 4 is 28.4 Å². The van der Waals surface area contributed by atoms with Gasteiger partial charge in [-0.1, -0.05) is 28.1 Å². The smallest absolute Gasteiger partial charge is 0.148 e. The van der Waals surface area contributed by atoms with Crippen molar-refractivity contribution in [2.75, 3.05) is 0 Å². The van der Waals surface area contributed by atoms with Gasteiger partial charge < -0.3 is 4.79 Å². The number of hydrogen-bond acceptors (Lipinski definition) is 3. The van der Waals surface area contributed by atoms with Crippen LogP contribution in [0.5, 0.6) is 0 Å². The molecule has 1 aliphatic rings. The van der Waals surface area contributed by atoms with E-state index in [2.05, 4.69) is 26.5 Å². The van der Waals surface area contributed by atoms with E-state index in [4.69, 9.17) is 0 Å². The molecule has 1 unspecified atom stereocenters. The molecule has 4 heteroatoms. The molecule has 0 saturated heterocycles. The van der Waals surface area contributed by atoms with Crippen LogP contribution in [0.3, 0.4) is 0 Å². The van der Waals surface area contributed by atoms with Crippen molar-refractivity contribution in [3.8, 4) is 0 Å². The zero-order valence-corrected chi connectivity index (χ0v) is 8.28. The molecule has 0 aliphatic carbocycles. The molecule has 1 N–H and O–H groups in total. The second-order valence-corrected chi connectivity index (χ2v) is 3.60. The van der Waals surface area contributed by atoms with Gasteiger partial charge in [0.2, 0.25) is 0 Å². The Labute approximate surface area is 84.0 Å². The monoisotopic (exact) mass is 238 g/mol. The first-order valence-electron chi connectivity index (χ1n) is 3.85. The van der Waals surface area contributed by atoms with E-state index in [0.29, 0.717) is 0 Å². The number of hydrazone groups is 1. The number of halogens is 1. The molecule has 2 rings (SSSR count). The third-order valence-electron chi connectivity index (χ3n) is 1.97. The van der Waals surface area contributed by atoms with Gasteiger partial charge in [0.05, 0.1) is 6.21 Å². The van der Waals surface area contributed by atoms with E-state index in [1.165, 1.54) is 0 Å². The Morgan fingerprint density at radius 1 is 1.54 bits per heavy atom. The fourth-order valence-corrected chi connectivity index (χ4v) is 1.80. The highest BCUT2D eigenvalue weighted by atomic mass is 79.9. The van der Waals surface area contributed by atoms with Crippen LogP contribution in [-0.2, 0) is 4.79 Å². The lowest BCUT2D eigenvalue weighted by Gasteiger charge is -2.18. The van der Waals surface area contributed by atoms with Crippen molar-refractivity contribution < 1.29 is 4.79 Å². The summed E-state index contributed by atoms with van der Waals surface area (Å²) in [6, 6.07) is 5.42. The highest BCUT2D eigenvalue weighted by molar-refractivity contribution is 9.10. The van der Waals surface area contributed by atoms with Crippen LogP contribution < -0.4 is 5.43 Å². The minimum atomic E-state index is -0.322. The average Bonchev–Trinajstić information content (AvgIpc) is 2.18. The average molecular weight is 239 g/mol. The van der Waals surface area contributed by atoms with Gasteiger partial charge in [0.1, 0.15) is 12.3 Å². The van der Waals surface area contributed by atoms with Crippen LogP contribution in [0, 0.1) is 0 Å². The lowest BCUT2D eigenvalue weighted by atomic mass is 10.0. The number of benzene rings is 1. The first kappa shape index (κ1) is 8.44. The number of nitrogens with zero attached hydrogens (tertiary/aromatic N) is 1. The number of aldehydes is 1. The van der Waals surface area contributed by atoms with Crippen molar-refractivity contribution in [3.63, 3.8) is 0 Å². The maximum Gasteiger partial charge on any atom is 0.148 e. The fraction of sp³-hybridized carbons (Fsp3) is 0.111. The predicted molar refractivity (Wildman–Crippen MR) is 53.7 cm³/mol. The summed E-state index contributed by atoms with van der Waals surface area (Å²) in [6.07, 6.45) is 2.56. The molecule has 1 aromatic carbocycles. The molecule has 1 aliphatic heterocycles. The largest absolute Gasteiger partial charge is 0.301 e. The summed E-state index contributed by atoms with van der Waals surface area (Å²) < 4.78 is 0.960. The third-order valence-corrected chi connectivity index (χ3v) is 2.66. The van der Waals surface area contributed by atoms with Crippen molar-refractivity contribution in [2.24, 2.45) is 5.10 Å². The van der Waals surface area contributed by atoms with E-state index in [9.17, 15) is 4.79 Å². The Balaban J connectivity index is 2.59. The number of carbonyl (C=O) groups is 1. The quantitative estimate of drug-likeness (QED) is 0.756. The number of rotatable bonds is 1. The summed E-state index contributed by atoms with van der Waals surface area (Å²) in [6.45, 7) is 0. The molecule has 1 heterocycles. The topological polar surface area (TPSA) is 41.5 Å². The van der Waals surface area contributed by atoms with Gasteiger partial charge in [0.15, 0.2) is 0 Å². The molecule has 0 amide bonds. The van der Waals surface area contributed by atoms with Gasteiger partial charge in [0, 0.05) is 10.0 Å². The SMILES string of the molecule is O=CC1NN=Cc2c(Br)cccc21. The van der Waals surface area contributed by atoms with Crippen molar-refractivity contribution in [1.82, 2.24) is 5.43 Å². The highest BCUT2D eigenvalue weighted by Gasteiger charge is 2.17. The van der Waals surface area contributed by atoms with Gasteiger partial charge in [-0.15, -0.1) is 0 Å². The summed E-state index contributed by atoms with van der Waals surface area (Å²) in [5, 5.41) is 3.90. The zero-order chi connectivity index (χ0) is 9.26. The number of carbonyl (C=O) groups excluding carboxylic acids is 1. The third kappa shape index (κ3) is 1.37. The van der Waals surface area contributed by atoms with Crippen molar-refractivity contribution in [3.05, 3.63) is 33.8 Å². The second-order valence-electron chi connectivity index (χ2n) is 2.74. The van der Waals surface area contributed by atoms with Gasteiger partial charge >= 0.3 is 0 Å². The first-order valence-corrected chi connectivity index (χ1v) is 4.64. The van der Waals surface area contributed by atoms with E-state index < -0.39 is 0 Å². The maximum atomic E-state index is 10.7. The van der Waals surface area contributed by atoms with Gasteiger partial charge in [-0.3, -0.25) is 5.43 Å². The zero-order valence-electron chi connectivity index (χ0n) is 6.70. The molecular formula is C9H7BrN2O. The van der Waals surface area contributed by atoms with E-state index in [0.717, 1.165) is 21.9 Å². The fourth-order valence-electron chi connectivity index (χ4n) is 1.32. The Morgan fingerprint density at radius 3 is 3.15 bits per heavy atom. The molecule has 0 aromatic heterocycles. The molecule has 1 atom stereocenters. The minimum Gasteiger partial charge on any atom is -0.301 e. The van der Waals surface area contributed by atoms with E-state index in [1.54, 1.807) is 6.21 Å². The standard InChI is InChI=1S/C9H7BrN2O/c10-8-3-1-2-6-7(8)4-11-12-9(6)5-13/h1-5,9,12H. The molecule has 1 aromatic rings. The molecule has 0 saturated carbocycles. The first-order chi connectivity index (χ1) is 6.33. The molecular weight excluding hydrogens is 232 g/mol. The summed E-state index contributed by atoms with van der Waals surface area (Å²) in [7, 11) is 0. The summed E-state index contributed by atoms with van der Waals surface area (Å²) in [5.74, 6) is 0. The summed E-state index contributed by atoms with van der Waals surface area (Å²) in [4.78, 5) is 10.7. The van der Waals surface area contributed by atoms with Gasteiger partial charge in [-0.05, 0) is 11.6 Å². The van der Waals surface area contributed by atoms with E-state index in [-0.39, 0.29) is 6.04 Å². The number of nitrogens with one attached hydrogen (secondary N) is 1. The number of fused-ring (bicyclic) bond motifs is 1. The Morgan fingerprint density at radius 2 is 2.38 bits per heavy atom. The van der Waals surface area contributed by atoms with Gasteiger partial charge in [-0.25, -0.2) is 0 Å². The molecule has 0 spiro atoms. The Hall–Kier alpha value is -1.16. The van der Waals surface area contributed by atoms with Crippen LogP contribution in [0.1, 0.15) is 17.2 Å². The molecule has 13 heavy (non-hydrogen) atoms. The lowest BCUT2D eigenvalue weighted by molar-refractivity contribution is -0.109. The molecule has 0 fully saturated rings. The lowest BCUT2D eigenvalue weighted by Crippen LogP contribution is -2.22. The normalized spacial score (nSPS) is 19.0. The molecule has 0 radical (unpaired) electrons. The van der Waals surface area contributed by atoms with Crippen LogP contribution in [0.25, 0.3) is 0 Å². The molecule has 0 bridgehead atoms. The summed E-state index contributed by atoms with van der Waals surface area (Å²) >= 11 is 3.40. The Bertz CT molecular complexity index is 376. The maximum absolute atomic E-state index is 10.7. The Kier molecular flexibility index (Phi) is 2.14. The van der Waals surface area contributed by atoms with Crippen molar-refractivity contribution in [2.45, 2.75) is 6.04 Å². The molecule has 3 nitrogen and oxygen atoms in total. The summed E-state index contributed by atoms with van der Waals surface area (Å²) in [5.41, 5.74) is 4.66. The predicted octanol–water partition coefficient (Wildman–Crippen LogP) is 1.63. The van der Waals surface area contributed by atoms with Crippen molar-refractivity contribution in [1.29, 1.82) is 0 Å². The van der Waals surface area contributed by atoms with E-state index >= 15 is 0 Å². The second kappa shape index (κ2) is 3.30. The van der Waals surface area contributed by atoms with E-state index in [1.807, 2.05) is 18.2 Å².